The van der Waals surface area contributed by atoms with Crippen LogP contribution in [0, 0.1) is 5.92 Å². The summed E-state index contributed by atoms with van der Waals surface area (Å²) in [7, 11) is 0. The van der Waals surface area contributed by atoms with Crippen molar-refractivity contribution in [3.63, 3.8) is 0 Å². The first-order chi connectivity index (χ1) is 15.2. The summed E-state index contributed by atoms with van der Waals surface area (Å²) in [6, 6.07) is 17.4. The number of para-hydroxylation sites is 1. The molecule has 1 saturated carbocycles. The smallest absolute Gasteiger partial charge is 0.251 e. The largest absolute Gasteiger partial charge is 0.457 e. The van der Waals surface area contributed by atoms with Gasteiger partial charge >= 0.3 is 0 Å². The summed E-state index contributed by atoms with van der Waals surface area (Å²) < 4.78 is 5.41. The number of thioether (sulfide) groups is 1. The first-order valence-electron chi connectivity index (χ1n) is 10.8. The zero-order chi connectivity index (χ0) is 23.2. The average molecular weight is 454 g/mol. The summed E-state index contributed by atoms with van der Waals surface area (Å²) in [5.74, 6) is 1.02. The monoisotopic (exact) mass is 453 g/mol. The summed E-state index contributed by atoms with van der Waals surface area (Å²) in [6.45, 7) is 9.56. The van der Waals surface area contributed by atoms with E-state index in [0.717, 1.165) is 16.4 Å². The molecule has 32 heavy (non-hydrogen) atoms. The van der Waals surface area contributed by atoms with Gasteiger partial charge in [-0.15, -0.1) is 18.3 Å². The fourth-order valence-electron chi connectivity index (χ4n) is 3.69. The second kappa shape index (κ2) is 10.4. The number of nitrogens with one attached hydrogen (secondary N) is 1. The molecule has 1 fully saturated rings. The number of carbonyl (C=O) groups is 2. The van der Waals surface area contributed by atoms with E-state index in [-0.39, 0.29) is 11.7 Å². The summed E-state index contributed by atoms with van der Waals surface area (Å²) in [5.41, 5.74) is 2.10. The Balaban J connectivity index is 1.78. The first-order valence-corrected chi connectivity index (χ1v) is 11.7. The molecule has 1 amide bonds. The molecule has 2 aromatic rings. The number of amides is 1. The number of ether oxygens (including phenoxy) is 1. The van der Waals surface area contributed by atoms with Gasteiger partial charge in [0.15, 0.2) is 0 Å². The number of hydrogen-bond donors (Lipinski definition) is 1. The van der Waals surface area contributed by atoms with Crippen LogP contribution >= 0.6 is 11.8 Å². The van der Waals surface area contributed by atoms with Crippen LogP contribution in [0.25, 0.3) is 0 Å². The van der Waals surface area contributed by atoms with Crippen LogP contribution in [0.4, 0.5) is 0 Å². The molecule has 5 nitrogen and oxygen atoms in total. The Morgan fingerprint density at radius 1 is 1.06 bits per heavy atom. The maximum Gasteiger partial charge on any atom is 0.251 e. The molecule has 0 spiro atoms. The normalized spacial score (nSPS) is 16.8. The lowest BCUT2D eigenvalue weighted by molar-refractivity contribution is -0.149. The maximum absolute atomic E-state index is 13.0. The lowest BCUT2D eigenvalue weighted by Crippen LogP contribution is -2.47. The third-order valence-corrected chi connectivity index (χ3v) is 6.90. The Hall–Kier alpha value is -2.57. The second-order valence-corrected chi connectivity index (χ2v) is 10.5. The van der Waals surface area contributed by atoms with Gasteiger partial charge in [-0.1, -0.05) is 24.3 Å². The molecule has 3 rings (SSSR count). The van der Waals surface area contributed by atoms with Gasteiger partial charge in [0.05, 0.1) is 11.5 Å². The fourth-order valence-corrected chi connectivity index (χ4v) is 5.17. The highest BCUT2D eigenvalue weighted by molar-refractivity contribution is 8.00. The van der Waals surface area contributed by atoms with Gasteiger partial charge in [0, 0.05) is 22.5 Å². The van der Waals surface area contributed by atoms with Crippen LogP contribution in [-0.2, 0) is 14.4 Å². The van der Waals surface area contributed by atoms with Gasteiger partial charge in [0.25, 0.3) is 5.91 Å². The molecule has 0 aliphatic heterocycles. The van der Waals surface area contributed by atoms with Crippen LogP contribution < -0.4 is 10.2 Å². The fraction of sp³-hybridized carbons (Fsp3) is 0.385. The predicted octanol–water partition coefficient (Wildman–Crippen LogP) is 6.10. The van der Waals surface area contributed by atoms with Gasteiger partial charge in [-0.25, -0.2) is 5.48 Å². The number of hydrogen-bond acceptors (Lipinski definition) is 5. The predicted molar refractivity (Wildman–Crippen MR) is 128 cm³/mol. The second-order valence-electron chi connectivity index (χ2n) is 8.99. The molecule has 0 bridgehead atoms. The molecule has 1 aliphatic rings. The molecule has 0 heterocycles. The Morgan fingerprint density at radius 2 is 1.66 bits per heavy atom. The van der Waals surface area contributed by atoms with E-state index < -0.39 is 16.3 Å². The molecule has 1 atom stereocenters. The third-order valence-electron chi connectivity index (χ3n) is 5.32. The van der Waals surface area contributed by atoms with Crippen molar-refractivity contribution in [3.05, 3.63) is 67.3 Å². The third kappa shape index (κ3) is 6.47. The molecule has 2 aromatic carbocycles. The van der Waals surface area contributed by atoms with Gasteiger partial charge in [-0.05, 0) is 70.0 Å². The van der Waals surface area contributed by atoms with E-state index in [9.17, 15) is 9.59 Å². The minimum absolute atomic E-state index is 0.235. The van der Waals surface area contributed by atoms with Gasteiger partial charge in [0.2, 0.25) is 0 Å². The molecular weight excluding hydrogens is 422 g/mol. The van der Waals surface area contributed by atoms with E-state index in [1.54, 1.807) is 17.8 Å². The van der Waals surface area contributed by atoms with E-state index in [1.165, 1.54) is 0 Å². The Bertz CT molecular complexity index is 925. The quantitative estimate of drug-likeness (QED) is 0.386. The van der Waals surface area contributed by atoms with Gasteiger partial charge in [-0.2, -0.15) is 0 Å². The van der Waals surface area contributed by atoms with E-state index >= 15 is 0 Å². The van der Waals surface area contributed by atoms with Crippen LogP contribution in [0.2, 0.25) is 0 Å². The van der Waals surface area contributed by atoms with Crippen molar-refractivity contribution in [2.45, 2.75) is 61.7 Å². The van der Waals surface area contributed by atoms with Crippen LogP contribution in [0.1, 0.15) is 46.5 Å². The highest BCUT2D eigenvalue weighted by atomic mass is 32.2. The van der Waals surface area contributed by atoms with Gasteiger partial charge in [0.1, 0.15) is 17.3 Å². The molecule has 1 aliphatic carbocycles. The summed E-state index contributed by atoms with van der Waals surface area (Å²) in [5, 5.41) is 0. The maximum atomic E-state index is 13.0. The van der Waals surface area contributed by atoms with Crippen molar-refractivity contribution in [2.24, 2.45) is 5.92 Å². The Kier molecular flexibility index (Phi) is 7.80. The van der Waals surface area contributed by atoms with E-state index in [1.807, 2.05) is 75.4 Å². The number of carbonyl (C=O) groups excluding carboxylic acids is 2. The molecule has 0 radical (unpaired) electrons. The standard InChI is InChI=1S/C26H31NO4S/c1-5-23(24(29)27-31-25(2,3)4)26(17-15-19(28)16-18-26)32-22-13-11-21(12-14-22)30-20-9-7-6-8-10-20/h5-14,23H,1,15-18H2,2-4H3,(H,27,29). The van der Waals surface area contributed by atoms with E-state index in [2.05, 4.69) is 12.1 Å². The summed E-state index contributed by atoms with van der Waals surface area (Å²) >= 11 is 1.63. The van der Waals surface area contributed by atoms with Crippen molar-refractivity contribution < 1.29 is 19.2 Å². The number of benzene rings is 2. The van der Waals surface area contributed by atoms with Crippen LogP contribution in [-0.4, -0.2) is 22.0 Å². The highest BCUT2D eigenvalue weighted by Gasteiger charge is 2.45. The van der Waals surface area contributed by atoms with Gasteiger partial charge < -0.3 is 4.74 Å². The van der Waals surface area contributed by atoms with Crippen LogP contribution in [0.15, 0.2) is 72.1 Å². The van der Waals surface area contributed by atoms with Crippen molar-refractivity contribution in [2.75, 3.05) is 0 Å². The van der Waals surface area contributed by atoms with E-state index in [4.69, 9.17) is 9.57 Å². The molecule has 1 N–H and O–H groups in total. The minimum atomic E-state index is -0.501. The molecule has 1 unspecified atom stereocenters. The lowest BCUT2D eigenvalue weighted by Gasteiger charge is -2.41. The van der Waals surface area contributed by atoms with Crippen molar-refractivity contribution in [3.8, 4) is 11.5 Å². The molecule has 6 heteroatoms. The zero-order valence-corrected chi connectivity index (χ0v) is 19.7. The SMILES string of the molecule is C=CC(C(=O)NOC(C)(C)C)C1(Sc2ccc(Oc3ccccc3)cc2)CCC(=O)CC1. The number of hydroxylamine groups is 1. The molecule has 0 aromatic heterocycles. The number of rotatable bonds is 8. The molecular formula is C26H31NO4S. The van der Waals surface area contributed by atoms with Crippen molar-refractivity contribution in [1.82, 2.24) is 5.48 Å². The first kappa shape index (κ1) is 24.1. The Morgan fingerprint density at radius 3 is 2.22 bits per heavy atom. The van der Waals surface area contributed by atoms with Crippen molar-refractivity contribution >= 4 is 23.5 Å². The molecule has 0 saturated heterocycles. The van der Waals surface area contributed by atoms with Gasteiger partial charge in [-0.3, -0.25) is 14.4 Å². The average Bonchev–Trinajstić information content (AvgIpc) is 2.76. The van der Waals surface area contributed by atoms with Crippen molar-refractivity contribution in [1.29, 1.82) is 0 Å². The van der Waals surface area contributed by atoms with Crippen LogP contribution in [0.5, 0.6) is 11.5 Å². The minimum Gasteiger partial charge on any atom is -0.457 e. The van der Waals surface area contributed by atoms with Crippen LogP contribution in [0.3, 0.4) is 0 Å². The number of Topliss-reactive ketones (excluding diaryl/α,β-unsaturated/α-hetero) is 1. The van der Waals surface area contributed by atoms with E-state index in [0.29, 0.717) is 25.7 Å². The lowest BCUT2D eigenvalue weighted by atomic mass is 9.78. The topological polar surface area (TPSA) is 64.6 Å². The zero-order valence-electron chi connectivity index (χ0n) is 18.9. The number of ketones is 1. The summed E-state index contributed by atoms with van der Waals surface area (Å²) in [4.78, 5) is 31.5. The highest BCUT2D eigenvalue weighted by Crippen LogP contribution is 2.49. The summed E-state index contributed by atoms with van der Waals surface area (Å²) in [6.07, 6.45) is 3.81. The molecule has 170 valence electrons. The Labute approximate surface area is 194 Å².